The molecule has 0 atom stereocenters. The van der Waals surface area contributed by atoms with Crippen molar-refractivity contribution in [1.29, 1.82) is 0 Å². The maximum atomic E-state index is 12.1. The number of amides is 2. The van der Waals surface area contributed by atoms with Crippen LogP contribution in [0.15, 0.2) is 67.0 Å². The van der Waals surface area contributed by atoms with Crippen molar-refractivity contribution < 1.29 is 9.59 Å². The SMILES string of the molecule is NC(=O)c1ccc(NC(=O)CCc2cnn(-c3ccccc3)c2)cc1. The Morgan fingerprint density at radius 2 is 1.76 bits per heavy atom. The van der Waals surface area contributed by atoms with E-state index in [2.05, 4.69) is 10.4 Å². The summed E-state index contributed by atoms with van der Waals surface area (Å²) >= 11 is 0. The highest BCUT2D eigenvalue weighted by Gasteiger charge is 2.06. The molecule has 1 aromatic heterocycles. The molecule has 3 N–H and O–H groups in total. The minimum Gasteiger partial charge on any atom is -0.366 e. The third-order valence-corrected chi connectivity index (χ3v) is 3.75. The van der Waals surface area contributed by atoms with Gasteiger partial charge in [-0.05, 0) is 48.4 Å². The lowest BCUT2D eigenvalue weighted by Gasteiger charge is -2.05. The van der Waals surface area contributed by atoms with Crippen LogP contribution in [0, 0.1) is 0 Å². The van der Waals surface area contributed by atoms with Crippen molar-refractivity contribution in [1.82, 2.24) is 9.78 Å². The molecule has 3 aromatic rings. The molecule has 3 rings (SSSR count). The third-order valence-electron chi connectivity index (χ3n) is 3.75. The van der Waals surface area contributed by atoms with E-state index in [1.165, 1.54) is 0 Å². The number of hydrogen-bond donors (Lipinski definition) is 2. The number of aryl methyl sites for hydroxylation is 1. The van der Waals surface area contributed by atoms with Gasteiger partial charge in [0.05, 0.1) is 11.9 Å². The van der Waals surface area contributed by atoms with E-state index >= 15 is 0 Å². The summed E-state index contributed by atoms with van der Waals surface area (Å²) < 4.78 is 1.79. The second-order valence-electron chi connectivity index (χ2n) is 5.62. The highest BCUT2D eigenvalue weighted by atomic mass is 16.1. The van der Waals surface area contributed by atoms with Crippen molar-refractivity contribution in [2.75, 3.05) is 5.32 Å². The summed E-state index contributed by atoms with van der Waals surface area (Å²) in [5, 5.41) is 7.11. The van der Waals surface area contributed by atoms with Crippen LogP contribution < -0.4 is 11.1 Å². The van der Waals surface area contributed by atoms with E-state index in [1.54, 1.807) is 35.1 Å². The topological polar surface area (TPSA) is 90.0 Å². The Morgan fingerprint density at radius 3 is 2.44 bits per heavy atom. The van der Waals surface area contributed by atoms with E-state index in [0.717, 1.165) is 11.3 Å². The molecular formula is C19H18N4O2. The second kappa shape index (κ2) is 7.44. The van der Waals surface area contributed by atoms with Crippen LogP contribution in [-0.2, 0) is 11.2 Å². The quantitative estimate of drug-likeness (QED) is 0.726. The van der Waals surface area contributed by atoms with Gasteiger partial charge >= 0.3 is 0 Å². The van der Waals surface area contributed by atoms with Crippen molar-refractivity contribution in [3.8, 4) is 5.69 Å². The van der Waals surface area contributed by atoms with Crippen molar-refractivity contribution in [3.63, 3.8) is 0 Å². The van der Waals surface area contributed by atoms with Crippen LogP contribution in [0.4, 0.5) is 5.69 Å². The summed E-state index contributed by atoms with van der Waals surface area (Å²) in [4.78, 5) is 23.1. The number of nitrogens with two attached hydrogens (primary N) is 1. The van der Waals surface area contributed by atoms with E-state index in [4.69, 9.17) is 5.73 Å². The van der Waals surface area contributed by atoms with E-state index in [9.17, 15) is 9.59 Å². The Balaban J connectivity index is 1.54. The molecule has 1 heterocycles. The third kappa shape index (κ3) is 4.32. The molecule has 6 nitrogen and oxygen atoms in total. The van der Waals surface area contributed by atoms with Gasteiger partial charge in [-0.25, -0.2) is 4.68 Å². The van der Waals surface area contributed by atoms with Gasteiger partial charge in [0.2, 0.25) is 11.8 Å². The zero-order chi connectivity index (χ0) is 17.6. The lowest BCUT2D eigenvalue weighted by Crippen LogP contribution is -2.13. The van der Waals surface area contributed by atoms with E-state index in [0.29, 0.717) is 24.1 Å². The number of hydrogen-bond acceptors (Lipinski definition) is 3. The summed E-state index contributed by atoms with van der Waals surface area (Å²) in [7, 11) is 0. The monoisotopic (exact) mass is 334 g/mol. The first-order valence-electron chi connectivity index (χ1n) is 7.90. The van der Waals surface area contributed by atoms with Gasteiger partial charge < -0.3 is 11.1 Å². The van der Waals surface area contributed by atoms with E-state index in [-0.39, 0.29) is 5.91 Å². The highest BCUT2D eigenvalue weighted by Crippen LogP contribution is 2.12. The number of nitrogens with one attached hydrogen (secondary N) is 1. The largest absolute Gasteiger partial charge is 0.366 e. The predicted molar refractivity (Wildman–Crippen MR) is 95.5 cm³/mol. The van der Waals surface area contributed by atoms with Crippen LogP contribution >= 0.6 is 0 Å². The fourth-order valence-electron chi connectivity index (χ4n) is 2.41. The Hall–Kier alpha value is -3.41. The fraction of sp³-hybridized carbons (Fsp3) is 0.105. The second-order valence-corrected chi connectivity index (χ2v) is 5.62. The average Bonchev–Trinajstić information content (AvgIpc) is 3.10. The van der Waals surface area contributed by atoms with Gasteiger partial charge in [-0.15, -0.1) is 0 Å². The van der Waals surface area contributed by atoms with Gasteiger partial charge in [0.25, 0.3) is 0 Å². The Labute approximate surface area is 145 Å². The van der Waals surface area contributed by atoms with E-state index in [1.807, 2.05) is 36.5 Å². The maximum absolute atomic E-state index is 12.1. The predicted octanol–water partition coefficient (Wildman–Crippen LogP) is 2.54. The summed E-state index contributed by atoms with van der Waals surface area (Å²) in [6.07, 6.45) is 4.63. The van der Waals surface area contributed by atoms with Crippen LogP contribution in [0.5, 0.6) is 0 Å². The molecule has 0 bridgehead atoms. The van der Waals surface area contributed by atoms with Crippen LogP contribution in [0.2, 0.25) is 0 Å². The molecule has 0 radical (unpaired) electrons. The molecule has 0 saturated carbocycles. The van der Waals surface area contributed by atoms with Gasteiger partial charge in [-0.1, -0.05) is 18.2 Å². The van der Waals surface area contributed by atoms with Crippen LogP contribution in [0.25, 0.3) is 5.69 Å². The Bertz CT molecular complexity index is 870. The first kappa shape index (κ1) is 16.4. The number of carbonyl (C=O) groups excluding carboxylic acids is 2. The number of aromatic nitrogens is 2. The van der Waals surface area contributed by atoms with Gasteiger partial charge in [0.15, 0.2) is 0 Å². The molecule has 6 heteroatoms. The maximum Gasteiger partial charge on any atom is 0.248 e. The number of carbonyl (C=O) groups is 2. The minimum atomic E-state index is -0.492. The summed E-state index contributed by atoms with van der Waals surface area (Å²) in [6, 6.07) is 16.3. The van der Waals surface area contributed by atoms with Gasteiger partial charge in [-0.3, -0.25) is 9.59 Å². The number of nitrogens with zero attached hydrogens (tertiary/aromatic N) is 2. The molecule has 0 aliphatic carbocycles. The molecule has 0 saturated heterocycles. The first-order valence-corrected chi connectivity index (χ1v) is 7.90. The fourth-order valence-corrected chi connectivity index (χ4v) is 2.41. The molecule has 0 aliphatic rings. The molecule has 126 valence electrons. The molecule has 0 spiro atoms. The van der Waals surface area contributed by atoms with E-state index < -0.39 is 5.91 Å². The van der Waals surface area contributed by atoms with Crippen molar-refractivity contribution in [2.45, 2.75) is 12.8 Å². The highest BCUT2D eigenvalue weighted by molar-refractivity contribution is 5.94. The van der Waals surface area contributed by atoms with Gasteiger partial charge in [0.1, 0.15) is 0 Å². The summed E-state index contributed by atoms with van der Waals surface area (Å²) in [5.41, 5.74) is 8.20. The van der Waals surface area contributed by atoms with Crippen molar-refractivity contribution >= 4 is 17.5 Å². The zero-order valence-corrected chi connectivity index (χ0v) is 13.6. The molecule has 25 heavy (non-hydrogen) atoms. The number of benzene rings is 2. The molecular weight excluding hydrogens is 316 g/mol. The molecule has 0 aliphatic heterocycles. The average molecular weight is 334 g/mol. The Morgan fingerprint density at radius 1 is 1.04 bits per heavy atom. The summed E-state index contributed by atoms with van der Waals surface area (Å²) in [5.74, 6) is -0.590. The lowest BCUT2D eigenvalue weighted by molar-refractivity contribution is -0.116. The standard InChI is InChI=1S/C19H18N4O2/c20-19(25)15-7-9-16(10-8-15)22-18(24)11-6-14-12-21-23(13-14)17-4-2-1-3-5-17/h1-5,7-10,12-13H,6,11H2,(H2,20,25)(H,22,24). The van der Waals surface area contributed by atoms with Crippen molar-refractivity contribution in [3.05, 3.63) is 78.1 Å². The number of primary amides is 1. The smallest absolute Gasteiger partial charge is 0.248 e. The van der Waals surface area contributed by atoms with Gasteiger partial charge in [-0.2, -0.15) is 5.10 Å². The normalized spacial score (nSPS) is 10.4. The molecule has 0 fully saturated rings. The van der Waals surface area contributed by atoms with Crippen molar-refractivity contribution in [2.24, 2.45) is 5.73 Å². The van der Waals surface area contributed by atoms with Crippen LogP contribution in [0.3, 0.4) is 0 Å². The molecule has 2 amide bonds. The lowest BCUT2D eigenvalue weighted by atomic mass is 10.1. The molecule has 2 aromatic carbocycles. The van der Waals surface area contributed by atoms with Crippen LogP contribution in [-0.4, -0.2) is 21.6 Å². The number of rotatable bonds is 6. The Kier molecular flexibility index (Phi) is 4.89. The molecule has 0 unspecified atom stereocenters. The number of anilines is 1. The zero-order valence-electron chi connectivity index (χ0n) is 13.6. The minimum absolute atomic E-state index is 0.0979. The van der Waals surface area contributed by atoms with Crippen LogP contribution in [0.1, 0.15) is 22.3 Å². The number of para-hydroxylation sites is 1. The first-order chi connectivity index (χ1) is 12.1. The summed E-state index contributed by atoms with van der Waals surface area (Å²) in [6.45, 7) is 0. The van der Waals surface area contributed by atoms with Gasteiger partial charge in [0, 0.05) is 23.9 Å².